The second-order valence-corrected chi connectivity index (χ2v) is 7.32. The molecule has 6 nitrogen and oxygen atoms in total. The maximum Gasteiger partial charge on any atom is 0.307 e. The van der Waals surface area contributed by atoms with Crippen molar-refractivity contribution in [2.45, 2.75) is 38.8 Å². The summed E-state index contributed by atoms with van der Waals surface area (Å²) in [5.74, 6) is 0.550. The Kier molecular flexibility index (Phi) is 8.91. The third-order valence-corrected chi connectivity index (χ3v) is 4.93. The van der Waals surface area contributed by atoms with Gasteiger partial charge >= 0.3 is 5.97 Å². The summed E-state index contributed by atoms with van der Waals surface area (Å²) in [6.07, 6.45) is 2.47. The van der Waals surface area contributed by atoms with Gasteiger partial charge in [-0.2, -0.15) is 0 Å². The number of nitrogens with zero attached hydrogens (tertiary/aromatic N) is 2. The Morgan fingerprint density at radius 3 is 2.62 bits per heavy atom. The first-order valence-corrected chi connectivity index (χ1v) is 9.98. The summed E-state index contributed by atoms with van der Waals surface area (Å²) in [4.78, 5) is 18.2. The van der Waals surface area contributed by atoms with Crippen molar-refractivity contribution in [3.8, 4) is 0 Å². The lowest BCUT2D eigenvalue weighted by molar-refractivity contribution is -0.140. The second kappa shape index (κ2) is 11.2. The molecule has 1 aromatic carbocycles. The van der Waals surface area contributed by atoms with Gasteiger partial charge in [-0.15, -0.1) is 0 Å². The summed E-state index contributed by atoms with van der Waals surface area (Å²) in [6.45, 7) is 6.40. The molecular weight excluding hydrogens is 396 g/mol. The van der Waals surface area contributed by atoms with Crippen LogP contribution < -0.4 is 10.6 Å². The summed E-state index contributed by atoms with van der Waals surface area (Å²) in [7, 11) is 1.40. The highest BCUT2D eigenvalue weighted by Crippen LogP contribution is 2.16. The van der Waals surface area contributed by atoms with Gasteiger partial charge in [0.05, 0.1) is 20.1 Å². The molecule has 2 rings (SSSR count). The van der Waals surface area contributed by atoms with E-state index in [9.17, 15) is 4.79 Å². The van der Waals surface area contributed by atoms with Crippen molar-refractivity contribution in [3.63, 3.8) is 0 Å². The summed E-state index contributed by atoms with van der Waals surface area (Å²) in [6, 6.07) is 8.94. The van der Waals surface area contributed by atoms with Crippen molar-refractivity contribution in [1.82, 2.24) is 15.5 Å². The fraction of sp³-hybridized carbons (Fsp3) is 0.579. The van der Waals surface area contributed by atoms with E-state index in [4.69, 9.17) is 0 Å². The second-order valence-electron chi connectivity index (χ2n) is 6.41. The smallest absolute Gasteiger partial charge is 0.307 e. The molecule has 0 aromatic heterocycles. The van der Waals surface area contributed by atoms with Crippen LogP contribution in [0.1, 0.15) is 31.7 Å². The molecule has 0 amide bonds. The van der Waals surface area contributed by atoms with Crippen LogP contribution in [0.2, 0.25) is 0 Å². The number of rotatable bonds is 7. The van der Waals surface area contributed by atoms with Gasteiger partial charge in [0.2, 0.25) is 0 Å². The van der Waals surface area contributed by atoms with Crippen LogP contribution in [0, 0.1) is 0 Å². The number of aliphatic imine (C=N–C) groups is 1. The highest BCUT2D eigenvalue weighted by atomic mass is 79.9. The molecule has 1 aliphatic heterocycles. The average molecular weight is 425 g/mol. The first-order chi connectivity index (χ1) is 12.6. The Bertz CT molecular complexity index is 584. The standard InChI is InChI=1S/C19H29BrN4O2/c1-3-21-19(22-11-8-18(25)26-2)23-17-9-12-24(13-10-17)14-15-4-6-16(20)7-5-15/h4-7,17H,3,8-14H2,1-2H3,(H2,21,22,23). The summed E-state index contributed by atoms with van der Waals surface area (Å²) in [5.41, 5.74) is 1.34. The van der Waals surface area contributed by atoms with Crippen LogP contribution in [0.3, 0.4) is 0 Å². The van der Waals surface area contributed by atoms with Crippen molar-refractivity contribution in [1.29, 1.82) is 0 Å². The monoisotopic (exact) mass is 424 g/mol. The molecule has 1 saturated heterocycles. The van der Waals surface area contributed by atoms with E-state index in [2.05, 4.69) is 65.5 Å². The van der Waals surface area contributed by atoms with E-state index in [1.807, 2.05) is 6.92 Å². The number of hydrogen-bond acceptors (Lipinski definition) is 4. The number of piperidine rings is 1. The number of nitrogens with one attached hydrogen (secondary N) is 2. The highest BCUT2D eigenvalue weighted by molar-refractivity contribution is 9.10. The quantitative estimate of drug-likeness (QED) is 0.399. The molecule has 0 radical (unpaired) electrons. The van der Waals surface area contributed by atoms with E-state index < -0.39 is 0 Å². The number of halogens is 1. The number of carbonyl (C=O) groups excluding carboxylic acids is 1. The minimum absolute atomic E-state index is 0.231. The summed E-state index contributed by atoms with van der Waals surface area (Å²) in [5, 5.41) is 6.74. The fourth-order valence-electron chi connectivity index (χ4n) is 2.96. The molecule has 0 atom stereocenters. The number of hydrogen-bond donors (Lipinski definition) is 2. The summed E-state index contributed by atoms with van der Waals surface area (Å²) < 4.78 is 5.77. The normalized spacial score (nSPS) is 16.3. The van der Waals surface area contributed by atoms with Gasteiger partial charge in [-0.3, -0.25) is 14.7 Å². The Balaban J connectivity index is 1.77. The molecule has 1 fully saturated rings. The predicted octanol–water partition coefficient (Wildman–Crippen LogP) is 2.53. The number of benzene rings is 1. The van der Waals surface area contributed by atoms with Crippen molar-refractivity contribution >= 4 is 27.9 Å². The third-order valence-electron chi connectivity index (χ3n) is 4.41. The van der Waals surface area contributed by atoms with Gasteiger partial charge in [-0.05, 0) is 37.5 Å². The molecule has 0 saturated carbocycles. The van der Waals surface area contributed by atoms with Crippen molar-refractivity contribution in [3.05, 3.63) is 34.3 Å². The maximum absolute atomic E-state index is 11.2. The van der Waals surface area contributed by atoms with Crippen molar-refractivity contribution < 1.29 is 9.53 Å². The van der Waals surface area contributed by atoms with Crippen LogP contribution in [-0.2, 0) is 16.1 Å². The maximum atomic E-state index is 11.2. The number of methoxy groups -OCH3 is 1. The van der Waals surface area contributed by atoms with Crippen LogP contribution in [0.4, 0.5) is 0 Å². The number of carbonyl (C=O) groups is 1. The Hall–Kier alpha value is -1.60. The summed E-state index contributed by atoms with van der Waals surface area (Å²) >= 11 is 3.48. The lowest BCUT2D eigenvalue weighted by Gasteiger charge is -2.33. The highest BCUT2D eigenvalue weighted by Gasteiger charge is 2.20. The van der Waals surface area contributed by atoms with E-state index in [-0.39, 0.29) is 5.97 Å². The van der Waals surface area contributed by atoms with E-state index in [0.717, 1.165) is 49.5 Å². The van der Waals surface area contributed by atoms with Crippen LogP contribution in [0.25, 0.3) is 0 Å². The zero-order chi connectivity index (χ0) is 18.8. The van der Waals surface area contributed by atoms with E-state index in [1.54, 1.807) is 0 Å². The predicted molar refractivity (Wildman–Crippen MR) is 108 cm³/mol. The van der Waals surface area contributed by atoms with E-state index >= 15 is 0 Å². The number of guanidine groups is 1. The third kappa shape index (κ3) is 7.33. The van der Waals surface area contributed by atoms with Gasteiger partial charge in [0, 0.05) is 36.7 Å². The topological polar surface area (TPSA) is 66.0 Å². The van der Waals surface area contributed by atoms with E-state index in [1.165, 1.54) is 12.7 Å². The molecule has 1 heterocycles. The molecular formula is C19H29BrN4O2. The minimum atomic E-state index is -0.231. The number of likely N-dealkylation sites (tertiary alicyclic amines) is 1. The molecule has 0 aliphatic carbocycles. The lowest BCUT2D eigenvalue weighted by atomic mass is 10.0. The molecule has 0 unspecified atom stereocenters. The van der Waals surface area contributed by atoms with E-state index in [0.29, 0.717) is 19.0 Å². The first-order valence-electron chi connectivity index (χ1n) is 9.19. The van der Waals surface area contributed by atoms with Crippen molar-refractivity contribution in [2.24, 2.45) is 4.99 Å². The van der Waals surface area contributed by atoms with Crippen LogP contribution in [0.15, 0.2) is 33.7 Å². The molecule has 144 valence electrons. The zero-order valence-corrected chi connectivity index (χ0v) is 17.2. The zero-order valence-electron chi connectivity index (χ0n) is 15.6. The average Bonchev–Trinajstić information content (AvgIpc) is 2.65. The molecule has 0 bridgehead atoms. The van der Waals surface area contributed by atoms with Crippen LogP contribution >= 0.6 is 15.9 Å². The van der Waals surface area contributed by atoms with Gasteiger partial charge in [0.25, 0.3) is 0 Å². The fourth-order valence-corrected chi connectivity index (χ4v) is 3.22. The van der Waals surface area contributed by atoms with Gasteiger partial charge in [0.1, 0.15) is 0 Å². The largest absolute Gasteiger partial charge is 0.469 e. The number of esters is 1. The molecule has 1 aliphatic rings. The molecule has 1 aromatic rings. The molecule has 2 N–H and O–H groups in total. The SMILES string of the molecule is CCNC(=NCCC(=O)OC)NC1CCN(Cc2ccc(Br)cc2)CC1. The van der Waals surface area contributed by atoms with Gasteiger partial charge in [0.15, 0.2) is 5.96 Å². The lowest BCUT2D eigenvalue weighted by Crippen LogP contribution is -2.48. The van der Waals surface area contributed by atoms with Gasteiger partial charge in [-0.1, -0.05) is 28.1 Å². The first kappa shape index (κ1) is 20.7. The van der Waals surface area contributed by atoms with Gasteiger partial charge < -0.3 is 15.4 Å². The Morgan fingerprint density at radius 2 is 2.00 bits per heavy atom. The minimum Gasteiger partial charge on any atom is -0.469 e. The van der Waals surface area contributed by atoms with Crippen LogP contribution in [0.5, 0.6) is 0 Å². The number of ether oxygens (including phenoxy) is 1. The molecule has 26 heavy (non-hydrogen) atoms. The molecule has 7 heteroatoms. The molecule has 0 spiro atoms. The Labute approximate surface area is 164 Å². The van der Waals surface area contributed by atoms with Crippen molar-refractivity contribution in [2.75, 3.05) is 33.3 Å². The van der Waals surface area contributed by atoms with Gasteiger partial charge in [-0.25, -0.2) is 0 Å². The Morgan fingerprint density at radius 1 is 1.31 bits per heavy atom. The van der Waals surface area contributed by atoms with Crippen LogP contribution in [-0.4, -0.2) is 56.2 Å².